The fourth-order valence-corrected chi connectivity index (χ4v) is 3.49. The first-order valence-corrected chi connectivity index (χ1v) is 11.0. The van der Waals surface area contributed by atoms with Crippen LogP contribution in [-0.4, -0.2) is 38.4 Å². The van der Waals surface area contributed by atoms with Crippen LogP contribution in [0.3, 0.4) is 0 Å². The predicted octanol–water partition coefficient (Wildman–Crippen LogP) is 3.54. The van der Waals surface area contributed by atoms with E-state index in [2.05, 4.69) is 10.7 Å². The van der Waals surface area contributed by atoms with Crippen molar-refractivity contribution in [2.75, 3.05) is 35.9 Å². The third-order valence-corrected chi connectivity index (χ3v) is 5.41. The van der Waals surface area contributed by atoms with Gasteiger partial charge in [0.25, 0.3) is 17.7 Å². The maximum absolute atomic E-state index is 13.0. The molecule has 1 saturated heterocycles. The van der Waals surface area contributed by atoms with Gasteiger partial charge in [-0.25, -0.2) is 5.01 Å². The van der Waals surface area contributed by atoms with Crippen LogP contribution < -0.4 is 25.4 Å². The number of ether oxygens (including phenoxy) is 1. The van der Waals surface area contributed by atoms with Gasteiger partial charge < -0.3 is 15.0 Å². The van der Waals surface area contributed by atoms with Crippen LogP contribution in [0.1, 0.15) is 11.1 Å². The van der Waals surface area contributed by atoms with E-state index in [4.69, 9.17) is 4.74 Å². The van der Waals surface area contributed by atoms with Gasteiger partial charge in [0.05, 0.1) is 5.69 Å². The molecule has 3 aromatic rings. The summed E-state index contributed by atoms with van der Waals surface area (Å²) in [6, 6.07) is 21.7. The second kappa shape index (κ2) is 10.1. The van der Waals surface area contributed by atoms with Crippen molar-refractivity contribution in [1.29, 1.82) is 0 Å². The van der Waals surface area contributed by atoms with E-state index in [-0.39, 0.29) is 18.1 Å². The minimum Gasteiger partial charge on any atom is -0.483 e. The predicted molar refractivity (Wildman–Crippen MR) is 136 cm³/mol. The first-order valence-electron chi connectivity index (χ1n) is 11.0. The van der Waals surface area contributed by atoms with Crippen LogP contribution in [0.25, 0.3) is 6.08 Å². The number of para-hydroxylation sites is 1. The quantitative estimate of drug-likeness (QED) is 0.407. The molecule has 0 saturated carbocycles. The minimum absolute atomic E-state index is 0.0274. The number of hydrogen-bond donors (Lipinski definition) is 2. The van der Waals surface area contributed by atoms with E-state index in [1.807, 2.05) is 62.3 Å². The summed E-state index contributed by atoms with van der Waals surface area (Å²) in [4.78, 5) is 39.9. The third-order valence-electron chi connectivity index (χ3n) is 5.41. The van der Waals surface area contributed by atoms with Gasteiger partial charge in [-0.05, 0) is 49.4 Å². The molecule has 3 aromatic carbocycles. The molecule has 1 aliphatic heterocycles. The number of rotatable bonds is 7. The van der Waals surface area contributed by atoms with Crippen molar-refractivity contribution in [1.82, 2.24) is 5.43 Å². The number of nitrogens with one attached hydrogen (secondary N) is 2. The lowest BCUT2D eigenvalue weighted by Crippen LogP contribution is -2.35. The molecular formula is C27H26N4O4. The van der Waals surface area contributed by atoms with Crippen LogP contribution in [0, 0.1) is 6.92 Å². The van der Waals surface area contributed by atoms with E-state index in [0.29, 0.717) is 22.7 Å². The van der Waals surface area contributed by atoms with Gasteiger partial charge in [0.15, 0.2) is 6.61 Å². The van der Waals surface area contributed by atoms with Gasteiger partial charge in [-0.2, -0.15) is 0 Å². The normalized spacial score (nSPS) is 14.1. The molecule has 2 N–H and O–H groups in total. The maximum atomic E-state index is 13.0. The molecule has 0 aromatic heterocycles. The molecule has 1 aliphatic rings. The fourth-order valence-electron chi connectivity index (χ4n) is 3.49. The zero-order chi connectivity index (χ0) is 24.9. The van der Waals surface area contributed by atoms with Crippen LogP contribution in [0.15, 0.2) is 78.4 Å². The van der Waals surface area contributed by atoms with Crippen LogP contribution in [0.4, 0.5) is 17.1 Å². The molecule has 0 aliphatic carbocycles. The number of amides is 3. The lowest BCUT2D eigenvalue weighted by molar-refractivity contribution is -0.118. The molecule has 8 nitrogen and oxygen atoms in total. The van der Waals surface area contributed by atoms with Crippen molar-refractivity contribution < 1.29 is 19.1 Å². The van der Waals surface area contributed by atoms with Gasteiger partial charge in [0.1, 0.15) is 11.3 Å². The van der Waals surface area contributed by atoms with Gasteiger partial charge in [0, 0.05) is 37.1 Å². The topological polar surface area (TPSA) is 91.0 Å². The van der Waals surface area contributed by atoms with E-state index in [1.165, 1.54) is 11.1 Å². The van der Waals surface area contributed by atoms with Gasteiger partial charge >= 0.3 is 0 Å². The summed E-state index contributed by atoms with van der Waals surface area (Å²) in [7, 11) is 3.76. The highest BCUT2D eigenvalue weighted by Gasteiger charge is 2.34. The number of carbonyl (C=O) groups excluding carboxylic acids is 3. The number of benzene rings is 3. The minimum atomic E-state index is -0.515. The molecule has 3 amide bonds. The number of anilines is 3. The summed E-state index contributed by atoms with van der Waals surface area (Å²) in [5.74, 6) is -0.936. The Morgan fingerprint density at radius 3 is 2.43 bits per heavy atom. The molecular weight excluding hydrogens is 444 g/mol. The van der Waals surface area contributed by atoms with Gasteiger partial charge in [-0.3, -0.25) is 19.8 Å². The Labute approximate surface area is 203 Å². The number of carbonyl (C=O) groups is 3. The summed E-state index contributed by atoms with van der Waals surface area (Å²) >= 11 is 0. The zero-order valence-corrected chi connectivity index (χ0v) is 19.7. The number of hydrogen-bond acceptors (Lipinski definition) is 5. The van der Waals surface area contributed by atoms with Crippen LogP contribution in [0.5, 0.6) is 5.75 Å². The Balaban J connectivity index is 1.56. The highest BCUT2D eigenvalue weighted by atomic mass is 16.5. The van der Waals surface area contributed by atoms with Crippen molar-refractivity contribution >= 4 is 40.9 Å². The largest absolute Gasteiger partial charge is 0.483 e. The summed E-state index contributed by atoms with van der Waals surface area (Å²) in [6.07, 6.45) is 1.48. The van der Waals surface area contributed by atoms with Crippen molar-refractivity contribution in [3.8, 4) is 5.75 Å². The highest BCUT2D eigenvalue weighted by molar-refractivity contribution is 6.31. The van der Waals surface area contributed by atoms with Crippen LogP contribution in [-0.2, 0) is 14.4 Å². The number of hydrazine groups is 1. The SMILES string of the molecule is Cc1ccc(NC(=O)COc2cc(N(C)C)ccc2/C=C2/C(=O)NN(c3ccccc3)C2=O)cc1. The van der Waals surface area contributed by atoms with E-state index in [1.54, 1.807) is 36.4 Å². The fraction of sp³-hybridized carbons (Fsp3) is 0.148. The second-order valence-corrected chi connectivity index (χ2v) is 8.29. The van der Waals surface area contributed by atoms with E-state index in [0.717, 1.165) is 11.3 Å². The summed E-state index contributed by atoms with van der Waals surface area (Å²) < 4.78 is 5.84. The molecule has 178 valence electrons. The van der Waals surface area contributed by atoms with Crippen molar-refractivity contribution in [2.45, 2.75) is 6.92 Å². The molecule has 0 atom stereocenters. The van der Waals surface area contributed by atoms with Crippen molar-refractivity contribution in [2.24, 2.45) is 0 Å². The average molecular weight is 471 g/mol. The Morgan fingerprint density at radius 1 is 1.03 bits per heavy atom. The average Bonchev–Trinajstić information content (AvgIpc) is 3.13. The molecule has 4 rings (SSSR count). The summed E-state index contributed by atoms with van der Waals surface area (Å²) in [5, 5.41) is 4.00. The Bertz CT molecular complexity index is 1280. The maximum Gasteiger partial charge on any atom is 0.282 e. The summed E-state index contributed by atoms with van der Waals surface area (Å²) in [5.41, 5.74) is 6.22. The smallest absolute Gasteiger partial charge is 0.282 e. The highest BCUT2D eigenvalue weighted by Crippen LogP contribution is 2.29. The molecule has 0 unspecified atom stereocenters. The molecule has 0 spiro atoms. The molecule has 35 heavy (non-hydrogen) atoms. The number of nitrogens with zero attached hydrogens (tertiary/aromatic N) is 2. The Hall–Kier alpha value is -4.59. The Kier molecular flexibility index (Phi) is 6.82. The van der Waals surface area contributed by atoms with Gasteiger partial charge in [0.2, 0.25) is 0 Å². The Morgan fingerprint density at radius 2 is 1.74 bits per heavy atom. The van der Waals surface area contributed by atoms with Crippen LogP contribution >= 0.6 is 0 Å². The monoisotopic (exact) mass is 470 g/mol. The van der Waals surface area contributed by atoms with E-state index >= 15 is 0 Å². The standard InChI is InChI=1S/C27H26N4O4/c1-18-9-12-20(13-10-18)28-25(32)17-35-24-16-22(30(2)3)14-11-19(24)15-23-26(33)29-31(27(23)34)21-7-5-4-6-8-21/h4-16H,17H2,1-3H3,(H,28,32)(H,29,33)/b23-15-. The molecule has 1 heterocycles. The van der Waals surface area contributed by atoms with Crippen LogP contribution in [0.2, 0.25) is 0 Å². The van der Waals surface area contributed by atoms with Gasteiger partial charge in [-0.15, -0.1) is 0 Å². The van der Waals surface area contributed by atoms with Crippen molar-refractivity contribution in [3.05, 3.63) is 89.5 Å². The first-order chi connectivity index (χ1) is 16.8. The summed E-state index contributed by atoms with van der Waals surface area (Å²) in [6.45, 7) is 1.73. The third kappa shape index (κ3) is 5.50. The van der Waals surface area contributed by atoms with Gasteiger partial charge in [-0.1, -0.05) is 35.9 Å². The molecule has 1 fully saturated rings. The molecule has 8 heteroatoms. The second-order valence-electron chi connectivity index (χ2n) is 8.29. The lowest BCUT2D eigenvalue weighted by atomic mass is 10.1. The molecule has 0 radical (unpaired) electrons. The first kappa shape index (κ1) is 23.6. The van der Waals surface area contributed by atoms with E-state index < -0.39 is 11.8 Å². The molecule has 0 bridgehead atoms. The lowest BCUT2D eigenvalue weighted by Gasteiger charge is -2.16. The number of aryl methyl sites for hydroxylation is 1. The zero-order valence-electron chi connectivity index (χ0n) is 19.7. The van der Waals surface area contributed by atoms with Crippen molar-refractivity contribution in [3.63, 3.8) is 0 Å². The van der Waals surface area contributed by atoms with E-state index in [9.17, 15) is 14.4 Å².